The zero-order valence-electron chi connectivity index (χ0n) is 6.71. The fourth-order valence-corrected chi connectivity index (χ4v) is 0.949. The molecule has 2 nitrogen and oxygen atoms in total. The van der Waals surface area contributed by atoms with Crippen LogP contribution in [-0.2, 0) is 0 Å². The Morgan fingerprint density at radius 2 is 2.50 bits per heavy atom. The summed E-state index contributed by atoms with van der Waals surface area (Å²) in [5.74, 6) is 2.05. The molecule has 1 N–H and O–H groups in total. The molecule has 0 spiro atoms. The second-order valence-electron chi connectivity index (χ2n) is 2.29. The van der Waals surface area contributed by atoms with Gasteiger partial charge in [-0.3, -0.25) is 4.98 Å². The standard InChI is InChI=1S/C9H9FN2/c1-3-9(11-2)7-4-5-12-6-8(7)10/h1,4-6,9,11H,2H3. The second-order valence-corrected chi connectivity index (χ2v) is 2.29. The van der Waals surface area contributed by atoms with Crippen molar-refractivity contribution in [2.75, 3.05) is 7.05 Å². The highest BCUT2D eigenvalue weighted by Gasteiger charge is 2.09. The molecule has 12 heavy (non-hydrogen) atoms. The normalized spacial score (nSPS) is 12.1. The molecular formula is C9H9FN2. The van der Waals surface area contributed by atoms with Crippen LogP contribution >= 0.6 is 0 Å². The van der Waals surface area contributed by atoms with Gasteiger partial charge in [0.2, 0.25) is 0 Å². The third kappa shape index (κ3) is 1.60. The van der Waals surface area contributed by atoms with Crippen molar-refractivity contribution in [1.29, 1.82) is 0 Å². The van der Waals surface area contributed by atoms with Crippen LogP contribution in [0, 0.1) is 18.2 Å². The molecule has 1 aromatic rings. The minimum atomic E-state index is -0.381. The SMILES string of the molecule is C#CC(NC)c1ccncc1F. The maximum Gasteiger partial charge on any atom is 0.147 e. The van der Waals surface area contributed by atoms with Gasteiger partial charge >= 0.3 is 0 Å². The van der Waals surface area contributed by atoms with Gasteiger partial charge in [0, 0.05) is 11.8 Å². The molecular weight excluding hydrogens is 155 g/mol. The van der Waals surface area contributed by atoms with E-state index in [9.17, 15) is 4.39 Å². The van der Waals surface area contributed by atoms with Gasteiger partial charge in [-0.05, 0) is 13.1 Å². The van der Waals surface area contributed by atoms with Crippen molar-refractivity contribution in [2.45, 2.75) is 6.04 Å². The molecule has 0 saturated carbocycles. The van der Waals surface area contributed by atoms with Crippen LogP contribution in [0.25, 0.3) is 0 Å². The van der Waals surface area contributed by atoms with Gasteiger partial charge in [-0.1, -0.05) is 5.92 Å². The van der Waals surface area contributed by atoms with Crippen LogP contribution in [0.5, 0.6) is 0 Å². The summed E-state index contributed by atoms with van der Waals surface area (Å²) in [5.41, 5.74) is 0.454. The van der Waals surface area contributed by atoms with Crippen LogP contribution in [0.3, 0.4) is 0 Å². The smallest absolute Gasteiger partial charge is 0.147 e. The molecule has 0 aromatic carbocycles. The first-order valence-corrected chi connectivity index (χ1v) is 3.52. The van der Waals surface area contributed by atoms with E-state index < -0.39 is 0 Å². The van der Waals surface area contributed by atoms with Crippen molar-refractivity contribution in [2.24, 2.45) is 0 Å². The van der Waals surface area contributed by atoms with Crippen LogP contribution in [0.2, 0.25) is 0 Å². The summed E-state index contributed by atoms with van der Waals surface area (Å²) in [5, 5.41) is 2.80. The van der Waals surface area contributed by atoms with Crippen LogP contribution in [-0.4, -0.2) is 12.0 Å². The Balaban J connectivity index is 3.02. The fraction of sp³-hybridized carbons (Fsp3) is 0.222. The highest BCUT2D eigenvalue weighted by Crippen LogP contribution is 2.13. The third-order valence-corrected chi connectivity index (χ3v) is 1.57. The summed E-state index contributed by atoms with van der Waals surface area (Å²) in [6, 6.07) is 1.18. The van der Waals surface area contributed by atoms with Gasteiger partial charge in [-0.15, -0.1) is 6.42 Å². The molecule has 0 amide bonds. The lowest BCUT2D eigenvalue weighted by molar-refractivity contribution is 0.581. The minimum Gasteiger partial charge on any atom is -0.303 e. The summed E-state index contributed by atoms with van der Waals surface area (Å²) < 4.78 is 13.0. The van der Waals surface area contributed by atoms with E-state index in [-0.39, 0.29) is 11.9 Å². The van der Waals surface area contributed by atoms with Crippen molar-refractivity contribution >= 4 is 0 Å². The number of rotatable bonds is 2. The summed E-state index contributed by atoms with van der Waals surface area (Å²) in [7, 11) is 1.68. The Morgan fingerprint density at radius 1 is 1.75 bits per heavy atom. The number of terminal acetylenes is 1. The topological polar surface area (TPSA) is 24.9 Å². The molecule has 1 aromatic heterocycles. The zero-order chi connectivity index (χ0) is 8.97. The van der Waals surface area contributed by atoms with Crippen LogP contribution in [0.4, 0.5) is 4.39 Å². The lowest BCUT2D eigenvalue weighted by Gasteiger charge is -2.09. The third-order valence-electron chi connectivity index (χ3n) is 1.57. The van der Waals surface area contributed by atoms with E-state index in [1.54, 1.807) is 13.1 Å². The predicted octanol–water partition coefficient (Wildman–Crippen LogP) is 1.11. The number of halogens is 1. The average Bonchev–Trinajstić information content (AvgIpc) is 2.10. The first kappa shape index (κ1) is 8.69. The van der Waals surface area contributed by atoms with Gasteiger partial charge in [-0.25, -0.2) is 4.39 Å². The van der Waals surface area contributed by atoms with Crippen molar-refractivity contribution in [3.05, 3.63) is 29.8 Å². The molecule has 0 saturated heterocycles. The van der Waals surface area contributed by atoms with Crippen molar-refractivity contribution in [1.82, 2.24) is 10.3 Å². The average molecular weight is 164 g/mol. The summed E-state index contributed by atoms with van der Waals surface area (Å²) >= 11 is 0. The molecule has 0 aliphatic rings. The molecule has 0 radical (unpaired) electrons. The monoisotopic (exact) mass is 164 g/mol. The summed E-state index contributed by atoms with van der Waals surface area (Å²) in [6.45, 7) is 0. The predicted molar refractivity (Wildman–Crippen MR) is 44.8 cm³/mol. The van der Waals surface area contributed by atoms with E-state index in [0.29, 0.717) is 5.56 Å². The van der Waals surface area contributed by atoms with Gasteiger partial charge in [0.15, 0.2) is 0 Å². The van der Waals surface area contributed by atoms with Crippen molar-refractivity contribution < 1.29 is 4.39 Å². The van der Waals surface area contributed by atoms with E-state index in [1.807, 2.05) is 0 Å². The lowest BCUT2D eigenvalue weighted by atomic mass is 10.1. The maximum atomic E-state index is 13.0. The van der Waals surface area contributed by atoms with Gasteiger partial charge in [0.25, 0.3) is 0 Å². The maximum absolute atomic E-state index is 13.0. The molecule has 1 unspecified atom stereocenters. The summed E-state index contributed by atoms with van der Waals surface area (Å²) in [4.78, 5) is 3.62. The molecule has 0 bridgehead atoms. The summed E-state index contributed by atoms with van der Waals surface area (Å²) in [6.07, 6.45) is 7.85. The number of nitrogens with zero attached hydrogens (tertiary/aromatic N) is 1. The van der Waals surface area contributed by atoms with Crippen molar-refractivity contribution in [3.63, 3.8) is 0 Å². The zero-order valence-corrected chi connectivity index (χ0v) is 6.71. The lowest BCUT2D eigenvalue weighted by Crippen LogP contribution is -2.15. The van der Waals surface area contributed by atoms with Crippen LogP contribution < -0.4 is 5.32 Å². The molecule has 1 atom stereocenters. The number of hydrogen-bond donors (Lipinski definition) is 1. The minimum absolute atomic E-state index is 0.380. The molecule has 1 rings (SSSR count). The molecule has 0 fully saturated rings. The Morgan fingerprint density at radius 3 is 3.00 bits per heavy atom. The van der Waals surface area contributed by atoms with Gasteiger partial charge in [0.05, 0.1) is 12.2 Å². The Bertz CT molecular complexity index is 304. The van der Waals surface area contributed by atoms with E-state index in [0.717, 1.165) is 6.20 Å². The van der Waals surface area contributed by atoms with Gasteiger partial charge in [-0.2, -0.15) is 0 Å². The van der Waals surface area contributed by atoms with Crippen LogP contribution in [0.15, 0.2) is 18.5 Å². The van der Waals surface area contributed by atoms with E-state index in [2.05, 4.69) is 16.2 Å². The van der Waals surface area contributed by atoms with E-state index >= 15 is 0 Å². The Hall–Kier alpha value is -1.40. The Kier molecular flexibility index (Phi) is 2.78. The van der Waals surface area contributed by atoms with Gasteiger partial charge in [0.1, 0.15) is 5.82 Å². The quantitative estimate of drug-likeness (QED) is 0.662. The number of aromatic nitrogens is 1. The highest BCUT2D eigenvalue weighted by molar-refractivity contribution is 5.24. The number of hydrogen-bond acceptors (Lipinski definition) is 2. The van der Waals surface area contributed by atoms with Crippen LogP contribution in [0.1, 0.15) is 11.6 Å². The second kappa shape index (κ2) is 3.84. The first-order chi connectivity index (χ1) is 5.79. The van der Waals surface area contributed by atoms with Crippen molar-refractivity contribution in [3.8, 4) is 12.3 Å². The molecule has 0 aliphatic carbocycles. The largest absolute Gasteiger partial charge is 0.303 e. The van der Waals surface area contributed by atoms with Gasteiger partial charge < -0.3 is 5.32 Å². The Labute approximate surface area is 70.8 Å². The molecule has 62 valence electrons. The first-order valence-electron chi connectivity index (χ1n) is 3.52. The number of nitrogens with one attached hydrogen (secondary N) is 1. The molecule has 3 heteroatoms. The fourth-order valence-electron chi connectivity index (χ4n) is 0.949. The molecule has 0 aliphatic heterocycles. The molecule has 1 heterocycles. The van der Waals surface area contributed by atoms with E-state index in [1.165, 1.54) is 6.20 Å². The number of pyridine rings is 1. The highest BCUT2D eigenvalue weighted by atomic mass is 19.1. The van der Waals surface area contributed by atoms with E-state index in [4.69, 9.17) is 6.42 Å².